The minimum atomic E-state index is 0.0293. The predicted molar refractivity (Wildman–Crippen MR) is 84.0 cm³/mol. The van der Waals surface area contributed by atoms with Gasteiger partial charge in [-0.3, -0.25) is 4.79 Å². The van der Waals surface area contributed by atoms with E-state index in [4.69, 9.17) is 0 Å². The van der Waals surface area contributed by atoms with Crippen molar-refractivity contribution in [1.29, 1.82) is 0 Å². The van der Waals surface area contributed by atoms with Crippen LogP contribution in [0.1, 0.15) is 55.8 Å². The van der Waals surface area contributed by atoms with Gasteiger partial charge in [-0.05, 0) is 30.7 Å². The van der Waals surface area contributed by atoms with Crippen LogP contribution in [-0.4, -0.2) is 17.4 Å². The third kappa shape index (κ3) is 4.12. The highest BCUT2D eigenvalue weighted by atomic mass is 16.1. The third-order valence-electron chi connectivity index (χ3n) is 3.63. The average molecular weight is 272 g/mol. The van der Waals surface area contributed by atoms with Crippen LogP contribution in [-0.2, 0) is 0 Å². The summed E-state index contributed by atoms with van der Waals surface area (Å²) in [7, 11) is 0. The fourth-order valence-corrected chi connectivity index (χ4v) is 2.40. The Morgan fingerprint density at radius 2 is 1.90 bits per heavy atom. The Morgan fingerprint density at radius 3 is 2.75 bits per heavy atom. The topological polar surface area (TPSA) is 44.9 Å². The average Bonchev–Trinajstić information content (AvgIpc) is 2.93. The number of fused-ring (bicyclic) bond motifs is 1. The second-order valence-electron chi connectivity index (χ2n) is 5.30. The monoisotopic (exact) mass is 272 g/mol. The number of amides is 1. The van der Waals surface area contributed by atoms with Crippen LogP contribution in [0.25, 0.3) is 10.9 Å². The third-order valence-corrected chi connectivity index (χ3v) is 3.63. The minimum Gasteiger partial charge on any atom is -0.361 e. The van der Waals surface area contributed by atoms with Gasteiger partial charge in [-0.1, -0.05) is 39.0 Å². The maximum atomic E-state index is 12.0. The molecule has 1 heterocycles. The molecule has 2 aromatic rings. The van der Waals surface area contributed by atoms with E-state index in [1.807, 2.05) is 30.5 Å². The highest BCUT2D eigenvalue weighted by Gasteiger charge is 2.05. The van der Waals surface area contributed by atoms with Crippen molar-refractivity contribution >= 4 is 16.8 Å². The number of benzene rings is 1. The molecule has 2 N–H and O–H groups in total. The zero-order chi connectivity index (χ0) is 14.2. The number of H-pyrrole nitrogens is 1. The Balaban J connectivity index is 1.71. The Kier molecular flexibility index (Phi) is 5.66. The van der Waals surface area contributed by atoms with Crippen molar-refractivity contribution in [3.63, 3.8) is 0 Å². The number of unbranched alkanes of at least 4 members (excludes halogenated alkanes) is 5. The van der Waals surface area contributed by atoms with E-state index in [1.165, 1.54) is 32.1 Å². The number of carbonyl (C=O) groups excluding carboxylic acids is 1. The molecule has 108 valence electrons. The molecule has 0 fully saturated rings. The fraction of sp³-hybridized carbons (Fsp3) is 0.471. The van der Waals surface area contributed by atoms with Crippen molar-refractivity contribution in [1.82, 2.24) is 10.3 Å². The summed E-state index contributed by atoms with van der Waals surface area (Å²) < 4.78 is 0. The van der Waals surface area contributed by atoms with Crippen LogP contribution in [0.15, 0.2) is 30.5 Å². The lowest BCUT2D eigenvalue weighted by Crippen LogP contribution is -2.24. The molecule has 0 aliphatic carbocycles. The highest BCUT2D eigenvalue weighted by molar-refractivity contribution is 5.98. The zero-order valence-electron chi connectivity index (χ0n) is 12.2. The first-order valence-corrected chi connectivity index (χ1v) is 7.66. The maximum Gasteiger partial charge on any atom is 0.251 e. The molecule has 0 bridgehead atoms. The van der Waals surface area contributed by atoms with E-state index in [9.17, 15) is 4.79 Å². The van der Waals surface area contributed by atoms with E-state index in [0.29, 0.717) is 0 Å². The van der Waals surface area contributed by atoms with Gasteiger partial charge in [0, 0.05) is 29.2 Å². The largest absolute Gasteiger partial charge is 0.361 e. The van der Waals surface area contributed by atoms with Crippen LogP contribution in [0, 0.1) is 0 Å². The van der Waals surface area contributed by atoms with Gasteiger partial charge in [0.15, 0.2) is 0 Å². The smallest absolute Gasteiger partial charge is 0.251 e. The van der Waals surface area contributed by atoms with Crippen molar-refractivity contribution in [3.05, 3.63) is 36.0 Å². The molecule has 0 radical (unpaired) electrons. The second-order valence-corrected chi connectivity index (χ2v) is 5.30. The van der Waals surface area contributed by atoms with Gasteiger partial charge >= 0.3 is 0 Å². The summed E-state index contributed by atoms with van der Waals surface area (Å²) in [5.74, 6) is 0.0293. The summed E-state index contributed by atoms with van der Waals surface area (Å²) in [6.45, 7) is 3.00. The highest BCUT2D eigenvalue weighted by Crippen LogP contribution is 2.14. The molecule has 1 aromatic heterocycles. The molecule has 0 atom stereocenters. The van der Waals surface area contributed by atoms with Gasteiger partial charge in [0.05, 0.1) is 0 Å². The molecule has 20 heavy (non-hydrogen) atoms. The Labute approximate surface area is 120 Å². The van der Waals surface area contributed by atoms with Gasteiger partial charge in [0.2, 0.25) is 0 Å². The normalized spacial score (nSPS) is 10.8. The molecule has 1 aromatic carbocycles. The van der Waals surface area contributed by atoms with E-state index < -0.39 is 0 Å². The van der Waals surface area contributed by atoms with E-state index in [-0.39, 0.29) is 5.91 Å². The van der Waals surface area contributed by atoms with Crippen LogP contribution in [0.3, 0.4) is 0 Å². The number of rotatable bonds is 8. The standard InChI is InChI=1S/C17H24N2O/c1-2-3-4-5-6-7-11-19-17(20)15-8-9-16-14(13-15)10-12-18-16/h8-10,12-13,18H,2-7,11H2,1H3,(H,19,20). The van der Waals surface area contributed by atoms with Crippen molar-refractivity contribution < 1.29 is 4.79 Å². The maximum absolute atomic E-state index is 12.0. The molecule has 0 saturated heterocycles. The SMILES string of the molecule is CCCCCCCCNC(=O)c1ccc2[nH]ccc2c1. The molecule has 0 spiro atoms. The van der Waals surface area contributed by atoms with Crippen molar-refractivity contribution in [3.8, 4) is 0 Å². The molecule has 3 nitrogen and oxygen atoms in total. The summed E-state index contributed by atoms with van der Waals surface area (Å²) in [6, 6.07) is 7.74. The van der Waals surface area contributed by atoms with Crippen LogP contribution >= 0.6 is 0 Å². The minimum absolute atomic E-state index is 0.0293. The number of hydrogen-bond acceptors (Lipinski definition) is 1. The predicted octanol–water partition coefficient (Wildman–Crippen LogP) is 4.26. The number of aromatic nitrogens is 1. The lowest BCUT2D eigenvalue weighted by Gasteiger charge is -2.05. The first-order chi connectivity index (χ1) is 9.81. The Hall–Kier alpha value is -1.77. The number of aromatic amines is 1. The van der Waals surface area contributed by atoms with Crippen LogP contribution in [0.2, 0.25) is 0 Å². The molecule has 0 aliphatic heterocycles. The van der Waals surface area contributed by atoms with Gasteiger partial charge < -0.3 is 10.3 Å². The first kappa shape index (κ1) is 14.6. The lowest BCUT2D eigenvalue weighted by molar-refractivity contribution is 0.0953. The fourth-order valence-electron chi connectivity index (χ4n) is 2.40. The summed E-state index contributed by atoms with van der Waals surface area (Å²) in [5.41, 5.74) is 1.81. The first-order valence-electron chi connectivity index (χ1n) is 7.66. The van der Waals surface area contributed by atoms with Crippen LogP contribution in [0.4, 0.5) is 0 Å². The van der Waals surface area contributed by atoms with Gasteiger partial charge in [0.1, 0.15) is 0 Å². The number of hydrogen-bond donors (Lipinski definition) is 2. The molecule has 0 saturated carbocycles. The van der Waals surface area contributed by atoms with E-state index in [2.05, 4.69) is 17.2 Å². The summed E-state index contributed by atoms with van der Waals surface area (Å²) in [6.07, 6.45) is 9.36. The van der Waals surface area contributed by atoms with Crippen molar-refractivity contribution in [2.75, 3.05) is 6.54 Å². The number of carbonyl (C=O) groups is 1. The molecule has 3 heteroatoms. The van der Waals surface area contributed by atoms with E-state index in [1.54, 1.807) is 0 Å². The Bertz CT molecular complexity index is 545. The molecule has 2 rings (SSSR count). The summed E-state index contributed by atoms with van der Waals surface area (Å²) >= 11 is 0. The summed E-state index contributed by atoms with van der Waals surface area (Å²) in [5, 5.41) is 4.08. The summed E-state index contributed by atoms with van der Waals surface area (Å²) in [4.78, 5) is 15.2. The lowest BCUT2D eigenvalue weighted by atomic mass is 10.1. The second kappa shape index (κ2) is 7.73. The van der Waals surface area contributed by atoms with E-state index >= 15 is 0 Å². The van der Waals surface area contributed by atoms with Crippen LogP contribution in [0.5, 0.6) is 0 Å². The van der Waals surface area contributed by atoms with Gasteiger partial charge in [-0.2, -0.15) is 0 Å². The molecule has 0 unspecified atom stereocenters. The number of nitrogens with one attached hydrogen (secondary N) is 2. The van der Waals surface area contributed by atoms with Crippen molar-refractivity contribution in [2.24, 2.45) is 0 Å². The van der Waals surface area contributed by atoms with E-state index in [0.717, 1.165) is 29.4 Å². The molecule has 1 amide bonds. The molecule has 0 aliphatic rings. The quantitative estimate of drug-likeness (QED) is 0.693. The van der Waals surface area contributed by atoms with Gasteiger partial charge in [-0.15, -0.1) is 0 Å². The Morgan fingerprint density at radius 1 is 1.10 bits per heavy atom. The molecular weight excluding hydrogens is 248 g/mol. The zero-order valence-corrected chi connectivity index (χ0v) is 12.2. The van der Waals surface area contributed by atoms with Gasteiger partial charge in [-0.25, -0.2) is 0 Å². The molecular formula is C17H24N2O. The van der Waals surface area contributed by atoms with Crippen LogP contribution < -0.4 is 5.32 Å². The van der Waals surface area contributed by atoms with Gasteiger partial charge in [0.25, 0.3) is 5.91 Å². The van der Waals surface area contributed by atoms with Crippen molar-refractivity contribution in [2.45, 2.75) is 45.4 Å².